The summed E-state index contributed by atoms with van der Waals surface area (Å²) in [5.41, 5.74) is 7.39. The Bertz CT molecular complexity index is 444. The number of carbonyl (C=O) groups is 1. The number of anilines is 1. The third-order valence-electron chi connectivity index (χ3n) is 3.63. The van der Waals surface area contributed by atoms with Crippen molar-refractivity contribution in [2.75, 3.05) is 45.1 Å². The Balaban J connectivity index is 1.76. The molecule has 3 N–H and O–H groups in total. The van der Waals surface area contributed by atoms with Crippen LogP contribution >= 0.6 is 0 Å². The first-order valence-electron chi connectivity index (χ1n) is 7.10. The molecule has 0 bridgehead atoms. The van der Waals surface area contributed by atoms with E-state index in [1.54, 1.807) is 0 Å². The van der Waals surface area contributed by atoms with Crippen LogP contribution in [-0.4, -0.2) is 50.2 Å². The van der Waals surface area contributed by atoms with E-state index in [9.17, 15) is 4.79 Å². The van der Waals surface area contributed by atoms with Gasteiger partial charge in [-0.25, -0.2) is 0 Å². The van der Waals surface area contributed by atoms with E-state index >= 15 is 0 Å². The molecule has 1 atom stereocenters. The molecular weight excluding hydrogens is 254 g/mol. The van der Waals surface area contributed by atoms with Gasteiger partial charge in [0.1, 0.15) is 0 Å². The van der Waals surface area contributed by atoms with Gasteiger partial charge in [-0.1, -0.05) is 12.1 Å². The lowest BCUT2D eigenvalue weighted by atomic mass is 10.00. The summed E-state index contributed by atoms with van der Waals surface area (Å²) in [6.07, 6.45) is 0. The van der Waals surface area contributed by atoms with E-state index in [-0.39, 0.29) is 11.8 Å². The van der Waals surface area contributed by atoms with Crippen molar-refractivity contribution >= 4 is 11.6 Å². The minimum Gasteiger partial charge on any atom is -0.399 e. The van der Waals surface area contributed by atoms with Gasteiger partial charge in [0.2, 0.25) is 5.91 Å². The van der Waals surface area contributed by atoms with Crippen LogP contribution in [0.25, 0.3) is 0 Å². The first-order chi connectivity index (χ1) is 9.66. The average Bonchev–Trinajstić information content (AvgIpc) is 2.47. The first-order valence-corrected chi connectivity index (χ1v) is 7.10. The maximum absolute atomic E-state index is 12.1. The van der Waals surface area contributed by atoms with E-state index in [0.717, 1.165) is 38.4 Å². The van der Waals surface area contributed by atoms with Crippen molar-refractivity contribution < 1.29 is 9.53 Å². The minimum atomic E-state index is -0.178. The van der Waals surface area contributed by atoms with E-state index < -0.39 is 0 Å². The molecule has 1 heterocycles. The summed E-state index contributed by atoms with van der Waals surface area (Å²) in [5.74, 6) is -0.132. The van der Waals surface area contributed by atoms with E-state index in [0.29, 0.717) is 12.2 Å². The van der Waals surface area contributed by atoms with Crippen LogP contribution in [0, 0.1) is 0 Å². The molecule has 0 radical (unpaired) electrons. The number of amides is 1. The number of benzene rings is 1. The molecule has 1 aromatic rings. The summed E-state index contributed by atoms with van der Waals surface area (Å²) in [6.45, 7) is 6.91. The highest BCUT2D eigenvalue weighted by Crippen LogP contribution is 2.17. The highest BCUT2D eigenvalue weighted by Gasteiger charge is 2.16. The van der Waals surface area contributed by atoms with Gasteiger partial charge in [-0.2, -0.15) is 0 Å². The maximum Gasteiger partial charge on any atom is 0.227 e. The van der Waals surface area contributed by atoms with Gasteiger partial charge in [0.15, 0.2) is 0 Å². The van der Waals surface area contributed by atoms with Gasteiger partial charge in [-0.3, -0.25) is 9.69 Å². The molecule has 110 valence electrons. The van der Waals surface area contributed by atoms with E-state index in [1.165, 1.54) is 0 Å². The van der Waals surface area contributed by atoms with Gasteiger partial charge >= 0.3 is 0 Å². The number of carbonyl (C=O) groups excluding carboxylic acids is 1. The van der Waals surface area contributed by atoms with Gasteiger partial charge in [0.05, 0.1) is 19.1 Å². The topological polar surface area (TPSA) is 67.6 Å². The SMILES string of the molecule is CC(C(=O)NCCN1CCOCC1)c1cccc(N)c1. The zero-order valence-electron chi connectivity index (χ0n) is 12.0. The number of nitrogen functional groups attached to an aromatic ring is 1. The van der Waals surface area contributed by atoms with Crippen LogP contribution in [0.15, 0.2) is 24.3 Å². The lowest BCUT2D eigenvalue weighted by molar-refractivity contribution is -0.122. The van der Waals surface area contributed by atoms with Crippen molar-refractivity contribution in [2.45, 2.75) is 12.8 Å². The molecule has 0 spiro atoms. The van der Waals surface area contributed by atoms with Crippen LogP contribution < -0.4 is 11.1 Å². The average molecular weight is 277 g/mol. The summed E-state index contributed by atoms with van der Waals surface area (Å²) >= 11 is 0. The first kappa shape index (κ1) is 14.8. The van der Waals surface area contributed by atoms with Crippen molar-refractivity contribution in [1.82, 2.24) is 10.2 Å². The predicted molar refractivity (Wildman–Crippen MR) is 79.5 cm³/mol. The molecular formula is C15H23N3O2. The Hall–Kier alpha value is -1.59. The van der Waals surface area contributed by atoms with Crippen LogP contribution in [0.5, 0.6) is 0 Å². The molecule has 0 aliphatic carbocycles. The fourth-order valence-corrected chi connectivity index (χ4v) is 2.29. The van der Waals surface area contributed by atoms with Crippen LogP contribution in [0.4, 0.5) is 5.69 Å². The number of hydrogen-bond donors (Lipinski definition) is 2. The zero-order chi connectivity index (χ0) is 14.4. The molecule has 1 fully saturated rings. The molecule has 20 heavy (non-hydrogen) atoms. The quantitative estimate of drug-likeness (QED) is 0.782. The normalized spacial score (nSPS) is 17.6. The minimum absolute atomic E-state index is 0.0452. The maximum atomic E-state index is 12.1. The highest BCUT2D eigenvalue weighted by atomic mass is 16.5. The molecule has 2 rings (SSSR count). The summed E-state index contributed by atoms with van der Waals surface area (Å²) < 4.78 is 5.29. The summed E-state index contributed by atoms with van der Waals surface area (Å²) in [6, 6.07) is 7.49. The Morgan fingerprint density at radius 2 is 2.20 bits per heavy atom. The zero-order valence-corrected chi connectivity index (χ0v) is 12.0. The fraction of sp³-hybridized carbons (Fsp3) is 0.533. The third kappa shape index (κ3) is 4.21. The van der Waals surface area contributed by atoms with E-state index in [1.807, 2.05) is 31.2 Å². The van der Waals surface area contributed by atoms with Crippen molar-refractivity contribution in [2.24, 2.45) is 0 Å². The molecule has 0 saturated carbocycles. The number of nitrogens with zero attached hydrogens (tertiary/aromatic N) is 1. The van der Waals surface area contributed by atoms with Gasteiger partial charge in [0.25, 0.3) is 0 Å². The standard InChI is InChI=1S/C15H23N3O2/c1-12(13-3-2-4-14(16)11-13)15(19)17-5-6-18-7-9-20-10-8-18/h2-4,11-12H,5-10,16H2,1H3,(H,17,19). The smallest absolute Gasteiger partial charge is 0.227 e. The molecule has 5 nitrogen and oxygen atoms in total. The Morgan fingerprint density at radius 1 is 1.45 bits per heavy atom. The second-order valence-corrected chi connectivity index (χ2v) is 5.14. The van der Waals surface area contributed by atoms with Gasteiger partial charge in [0, 0.05) is 31.9 Å². The molecule has 1 unspecified atom stereocenters. The van der Waals surface area contributed by atoms with Crippen molar-refractivity contribution in [3.8, 4) is 0 Å². The largest absolute Gasteiger partial charge is 0.399 e. The Labute approximate surface area is 120 Å². The number of hydrogen-bond acceptors (Lipinski definition) is 4. The second kappa shape index (κ2) is 7.26. The number of ether oxygens (including phenoxy) is 1. The van der Waals surface area contributed by atoms with Crippen molar-refractivity contribution in [3.63, 3.8) is 0 Å². The summed E-state index contributed by atoms with van der Waals surface area (Å²) in [5, 5.41) is 2.99. The fourth-order valence-electron chi connectivity index (χ4n) is 2.29. The van der Waals surface area contributed by atoms with Crippen molar-refractivity contribution in [1.29, 1.82) is 0 Å². The van der Waals surface area contributed by atoms with Crippen LogP contribution in [-0.2, 0) is 9.53 Å². The Kier molecular flexibility index (Phi) is 5.38. The lowest BCUT2D eigenvalue weighted by Gasteiger charge is -2.26. The third-order valence-corrected chi connectivity index (χ3v) is 3.63. The van der Waals surface area contributed by atoms with Crippen LogP contribution in [0.2, 0.25) is 0 Å². The molecule has 1 aliphatic heterocycles. The summed E-state index contributed by atoms with van der Waals surface area (Å²) in [7, 11) is 0. The second-order valence-electron chi connectivity index (χ2n) is 5.14. The van der Waals surface area contributed by atoms with Gasteiger partial charge in [-0.15, -0.1) is 0 Å². The van der Waals surface area contributed by atoms with Crippen molar-refractivity contribution in [3.05, 3.63) is 29.8 Å². The molecule has 5 heteroatoms. The number of nitrogens with two attached hydrogens (primary N) is 1. The molecule has 1 amide bonds. The number of nitrogens with one attached hydrogen (secondary N) is 1. The molecule has 1 saturated heterocycles. The van der Waals surface area contributed by atoms with Crippen LogP contribution in [0.1, 0.15) is 18.4 Å². The molecule has 0 aromatic heterocycles. The van der Waals surface area contributed by atoms with Gasteiger partial charge < -0.3 is 15.8 Å². The monoisotopic (exact) mass is 277 g/mol. The number of morpholine rings is 1. The van der Waals surface area contributed by atoms with E-state index in [4.69, 9.17) is 10.5 Å². The Morgan fingerprint density at radius 3 is 2.90 bits per heavy atom. The van der Waals surface area contributed by atoms with Gasteiger partial charge in [-0.05, 0) is 24.6 Å². The van der Waals surface area contributed by atoms with E-state index in [2.05, 4.69) is 10.2 Å². The highest BCUT2D eigenvalue weighted by molar-refractivity contribution is 5.83. The van der Waals surface area contributed by atoms with Crippen LogP contribution in [0.3, 0.4) is 0 Å². The molecule has 1 aliphatic rings. The molecule has 1 aromatic carbocycles. The summed E-state index contributed by atoms with van der Waals surface area (Å²) in [4.78, 5) is 14.4. The predicted octanol–water partition coefficient (Wildman–Crippen LogP) is 0.821. The number of rotatable bonds is 5. The lowest BCUT2D eigenvalue weighted by Crippen LogP contribution is -2.42.